The van der Waals surface area contributed by atoms with E-state index in [0.717, 1.165) is 30.8 Å². The highest BCUT2D eigenvalue weighted by atomic mass is 16.5. The van der Waals surface area contributed by atoms with Crippen molar-refractivity contribution < 1.29 is 9.53 Å². The van der Waals surface area contributed by atoms with Gasteiger partial charge in [-0.3, -0.25) is 4.79 Å². The number of carbonyl (C=O) groups is 1. The van der Waals surface area contributed by atoms with Crippen LogP contribution >= 0.6 is 0 Å². The van der Waals surface area contributed by atoms with Gasteiger partial charge in [0.15, 0.2) is 0 Å². The maximum Gasteiger partial charge on any atom is 0.272 e. The summed E-state index contributed by atoms with van der Waals surface area (Å²) in [6.45, 7) is 4.94. The Kier molecular flexibility index (Phi) is 3.78. The van der Waals surface area contributed by atoms with Crippen molar-refractivity contribution in [1.29, 1.82) is 0 Å². The van der Waals surface area contributed by atoms with Gasteiger partial charge in [-0.1, -0.05) is 37.3 Å². The highest BCUT2D eigenvalue weighted by Gasteiger charge is 2.56. The molecule has 2 saturated heterocycles. The quantitative estimate of drug-likeness (QED) is 0.860. The van der Waals surface area contributed by atoms with Crippen LogP contribution in [0.2, 0.25) is 0 Å². The van der Waals surface area contributed by atoms with Crippen molar-refractivity contribution in [3.63, 3.8) is 0 Å². The second kappa shape index (κ2) is 5.87. The zero-order valence-corrected chi connectivity index (χ0v) is 15.0. The van der Waals surface area contributed by atoms with Gasteiger partial charge in [-0.2, -0.15) is 0 Å². The largest absolute Gasteiger partial charge is 0.495 e. The number of pyridine rings is 1. The maximum absolute atomic E-state index is 13.0. The highest BCUT2D eigenvalue weighted by molar-refractivity contribution is 5.93. The van der Waals surface area contributed by atoms with Crippen LogP contribution < -0.4 is 4.74 Å². The fourth-order valence-electron chi connectivity index (χ4n) is 4.59. The van der Waals surface area contributed by atoms with Crippen LogP contribution in [0, 0.1) is 12.8 Å². The minimum absolute atomic E-state index is 0.0453. The Morgan fingerprint density at radius 2 is 1.92 bits per heavy atom. The Morgan fingerprint density at radius 3 is 2.52 bits per heavy atom. The first kappa shape index (κ1) is 16.1. The Bertz CT molecular complexity index is 797. The lowest BCUT2D eigenvalue weighted by atomic mass is 9.52. The number of benzene rings is 1. The van der Waals surface area contributed by atoms with E-state index in [4.69, 9.17) is 4.74 Å². The van der Waals surface area contributed by atoms with Gasteiger partial charge in [-0.25, -0.2) is 4.98 Å². The second-order valence-electron chi connectivity index (χ2n) is 7.43. The number of rotatable bonds is 3. The number of nitrogens with zero attached hydrogens (tertiary/aromatic N) is 2. The maximum atomic E-state index is 13.0. The molecule has 1 atom stereocenters. The van der Waals surface area contributed by atoms with Crippen LogP contribution in [0.5, 0.6) is 5.75 Å². The minimum atomic E-state index is 0.0453. The monoisotopic (exact) mass is 336 g/mol. The van der Waals surface area contributed by atoms with Gasteiger partial charge in [-0.15, -0.1) is 0 Å². The summed E-state index contributed by atoms with van der Waals surface area (Å²) in [5.41, 5.74) is 2.94. The number of fused-ring (bicyclic) bond motifs is 2. The predicted octanol–water partition coefficient (Wildman–Crippen LogP) is 3.59. The molecule has 3 fully saturated rings. The molecular weight excluding hydrogens is 312 g/mol. The summed E-state index contributed by atoms with van der Waals surface area (Å²) in [6, 6.07) is 14.7. The van der Waals surface area contributed by atoms with Crippen LogP contribution in [0.15, 0.2) is 42.5 Å². The summed E-state index contributed by atoms with van der Waals surface area (Å²) in [5, 5.41) is 0. The fourth-order valence-corrected chi connectivity index (χ4v) is 4.59. The number of hydrogen-bond acceptors (Lipinski definition) is 3. The molecule has 2 bridgehead atoms. The predicted molar refractivity (Wildman–Crippen MR) is 96.9 cm³/mol. The van der Waals surface area contributed by atoms with E-state index in [9.17, 15) is 4.79 Å². The summed E-state index contributed by atoms with van der Waals surface area (Å²) in [5.74, 6) is 1.21. The first-order chi connectivity index (χ1) is 12.0. The van der Waals surface area contributed by atoms with E-state index in [0.29, 0.717) is 17.7 Å². The summed E-state index contributed by atoms with van der Waals surface area (Å²) in [7, 11) is 1.62. The van der Waals surface area contributed by atoms with Crippen molar-refractivity contribution in [2.75, 3.05) is 13.7 Å². The fraction of sp³-hybridized carbons (Fsp3) is 0.429. The van der Waals surface area contributed by atoms with E-state index in [1.807, 2.05) is 17.9 Å². The summed E-state index contributed by atoms with van der Waals surface area (Å²) < 4.78 is 5.25. The Labute approximate surface area is 148 Å². The third-order valence-electron chi connectivity index (χ3n) is 6.14. The summed E-state index contributed by atoms with van der Waals surface area (Å²) in [4.78, 5) is 19.5. The first-order valence-electron chi connectivity index (χ1n) is 8.93. The lowest BCUT2D eigenvalue weighted by Gasteiger charge is -2.61. The molecule has 0 unspecified atom stereocenters. The van der Waals surface area contributed by atoms with Crippen molar-refractivity contribution in [2.45, 2.75) is 38.1 Å². The van der Waals surface area contributed by atoms with Gasteiger partial charge in [-0.05, 0) is 43.4 Å². The molecule has 4 heteroatoms. The van der Waals surface area contributed by atoms with Gasteiger partial charge in [0, 0.05) is 18.0 Å². The van der Waals surface area contributed by atoms with Crippen LogP contribution in [0.1, 0.15) is 41.5 Å². The summed E-state index contributed by atoms with van der Waals surface area (Å²) in [6.07, 6.45) is 2.11. The third-order valence-corrected chi connectivity index (χ3v) is 6.14. The Morgan fingerprint density at radius 1 is 1.20 bits per heavy atom. The lowest BCUT2D eigenvalue weighted by Crippen LogP contribution is -2.65. The molecule has 0 radical (unpaired) electrons. The normalized spacial score (nSPS) is 27.6. The molecule has 25 heavy (non-hydrogen) atoms. The molecule has 2 aliphatic heterocycles. The van der Waals surface area contributed by atoms with Crippen molar-refractivity contribution >= 4 is 5.91 Å². The molecule has 2 aromatic rings. The molecule has 1 aromatic carbocycles. The number of ether oxygens (including phenoxy) is 1. The van der Waals surface area contributed by atoms with E-state index in [1.54, 1.807) is 13.2 Å². The van der Waals surface area contributed by atoms with Crippen molar-refractivity contribution in [3.05, 3.63) is 59.4 Å². The molecule has 4 nitrogen and oxygen atoms in total. The van der Waals surface area contributed by atoms with Gasteiger partial charge >= 0.3 is 0 Å². The highest BCUT2D eigenvalue weighted by Crippen LogP contribution is 2.55. The third kappa shape index (κ3) is 2.43. The molecule has 1 aliphatic carbocycles. The average molecular weight is 336 g/mol. The van der Waals surface area contributed by atoms with Gasteiger partial charge < -0.3 is 9.64 Å². The number of amides is 1. The molecule has 1 aromatic heterocycles. The van der Waals surface area contributed by atoms with E-state index >= 15 is 0 Å². The molecule has 130 valence electrons. The number of aryl methyl sites for hydroxylation is 1. The van der Waals surface area contributed by atoms with E-state index < -0.39 is 0 Å². The molecule has 0 N–H and O–H groups in total. The topological polar surface area (TPSA) is 42.4 Å². The zero-order valence-electron chi connectivity index (χ0n) is 15.0. The van der Waals surface area contributed by atoms with Gasteiger partial charge in [0.05, 0.1) is 12.8 Å². The van der Waals surface area contributed by atoms with Crippen molar-refractivity contribution in [2.24, 2.45) is 5.92 Å². The number of piperidine rings is 2. The van der Waals surface area contributed by atoms with Crippen LogP contribution in [-0.2, 0) is 5.41 Å². The molecular formula is C21H24N2O2. The zero-order chi connectivity index (χ0) is 17.6. The number of carbonyl (C=O) groups excluding carboxylic acids is 1. The molecule has 0 spiro atoms. The van der Waals surface area contributed by atoms with Crippen LogP contribution in [0.3, 0.4) is 0 Å². The standard InChI is InChI=1S/C21H24N2O2/c1-14-13-23(20(24)18-9-10-19(25-3)15(2)22-18)17-11-21(14,12-17)16-7-5-4-6-8-16/h4-10,14,17H,11-13H2,1-3H3/t14-,17?,21?/m0/s1. The molecule has 3 heterocycles. The van der Waals surface area contributed by atoms with E-state index in [-0.39, 0.29) is 11.3 Å². The lowest BCUT2D eigenvalue weighted by molar-refractivity contribution is -0.0394. The van der Waals surface area contributed by atoms with E-state index in [1.165, 1.54) is 5.56 Å². The smallest absolute Gasteiger partial charge is 0.272 e. The van der Waals surface area contributed by atoms with Crippen LogP contribution in [0.4, 0.5) is 0 Å². The Balaban J connectivity index is 1.55. The Hall–Kier alpha value is -2.36. The molecule has 1 saturated carbocycles. The SMILES string of the molecule is COc1ccc(C(=O)N2C[C@H](C)C3(c4ccccc4)CC2C3)nc1C. The molecule has 3 aliphatic rings. The number of hydrogen-bond donors (Lipinski definition) is 0. The number of methoxy groups -OCH3 is 1. The van der Waals surface area contributed by atoms with Gasteiger partial charge in [0.1, 0.15) is 11.4 Å². The first-order valence-corrected chi connectivity index (χ1v) is 8.93. The summed E-state index contributed by atoms with van der Waals surface area (Å²) >= 11 is 0. The average Bonchev–Trinajstić information content (AvgIpc) is 2.60. The van der Waals surface area contributed by atoms with E-state index in [2.05, 4.69) is 42.2 Å². The molecule has 1 amide bonds. The van der Waals surface area contributed by atoms with Crippen molar-refractivity contribution in [1.82, 2.24) is 9.88 Å². The molecule has 5 rings (SSSR count). The minimum Gasteiger partial charge on any atom is -0.495 e. The van der Waals surface area contributed by atoms with Crippen LogP contribution in [-0.4, -0.2) is 35.5 Å². The van der Waals surface area contributed by atoms with Gasteiger partial charge in [0.2, 0.25) is 0 Å². The number of aromatic nitrogens is 1. The van der Waals surface area contributed by atoms with Gasteiger partial charge in [0.25, 0.3) is 5.91 Å². The van der Waals surface area contributed by atoms with Crippen LogP contribution in [0.25, 0.3) is 0 Å². The van der Waals surface area contributed by atoms with Crippen molar-refractivity contribution in [3.8, 4) is 5.75 Å². The second-order valence-corrected chi connectivity index (χ2v) is 7.43.